The van der Waals surface area contributed by atoms with Crippen molar-refractivity contribution in [1.82, 2.24) is 0 Å². The van der Waals surface area contributed by atoms with Crippen LogP contribution < -0.4 is 14.2 Å². The lowest BCUT2D eigenvalue weighted by Gasteiger charge is -2.17. The molecule has 0 saturated heterocycles. The third-order valence-electron chi connectivity index (χ3n) is 7.29. The molecule has 4 aromatic carbocycles. The van der Waals surface area contributed by atoms with Crippen LogP contribution in [-0.2, 0) is 31.7 Å². The van der Waals surface area contributed by atoms with Gasteiger partial charge in [0, 0.05) is 36.4 Å². The second-order valence-electron chi connectivity index (χ2n) is 11.2. The van der Waals surface area contributed by atoms with Gasteiger partial charge in [-0.25, -0.2) is 14.4 Å². The third kappa shape index (κ3) is 8.89. The Labute approximate surface area is 284 Å². The van der Waals surface area contributed by atoms with E-state index >= 15 is 0 Å². The van der Waals surface area contributed by atoms with Crippen molar-refractivity contribution in [3.63, 3.8) is 0 Å². The van der Waals surface area contributed by atoms with Crippen molar-refractivity contribution >= 4 is 29.4 Å². The van der Waals surface area contributed by atoms with Crippen LogP contribution in [0.15, 0.2) is 81.4 Å². The maximum absolute atomic E-state index is 12.7. The van der Waals surface area contributed by atoms with Crippen molar-refractivity contribution < 1.29 is 42.8 Å². The number of carbonyl (C=O) groups excluding carboxylic acids is 3. The first-order valence-corrected chi connectivity index (χ1v) is 16.8. The van der Waals surface area contributed by atoms with Gasteiger partial charge in [0.05, 0.1) is 24.1 Å². The maximum atomic E-state index is 12.7. The van der Waals surface area contributed by atoms with E-state index in [1.54, 1.807) is 13.8 Å². The highest BCUT2D eigenvalue weighted by Crippen LogP contribution is 2.40. The van der Waals surface area contributed by atoms with E-state index in [9.17, 15) is 14.4 Å². The van der Waals surface area contributed by atoms with Crippen molar-refractivity contribution in [2.24, 2.45) is 0 Å². The molecule has 4 rings (SSSR count). The summed E-state index contributed by atoms with van der Waals surface area (Å²) in [5, 5.41) is 0. The number of ether oxygens (including phenoxy) is 6. The number of aryl methyl sites for hydroxylation is 6. The van der Waals surface area contributed by atoms with E-state index in [1.165, 1.54) is 0 Å². The standard InChI is InChI=1S/C38H41O9S/c1-9-42-36(39)45-33-23(3)16-30(17-24(33)4)48(31-18-25(5)34(26(6)19-31)46-37(40)43-10-2)32-20-27(7)35(28(8)21-32)47-38(41)44-22-29-14-12-11-13-15-29/h11-21H,9-10,22H2,1-8H3/q+1. The minimum absolute atomic E-state index is 0.0997. The van der Waals surface area contributed by atoms with Gasteiger partial charge in [0.1, 0.15) is 23.9 Å². The molecule has 0 aliphatic heterocycles. The van der Waals surface area contributed by atoms with E-state index in [0.717, 1.165) is 53.6 Å². The van der Waals surface area contributed by atoms with Crippen LogP contribution in [0.5, 0.6) is 17.2 Å². The smallest absolute Gasteiger partial charge is 0.434 e. The first-order valence-electron chi connectivity index (χ1n) is 15.6. The van der Waals surface area contributed by atoms with Gasteiger partial charge in [-0.15, -0.1) is 0 Å². The van der Waals surface area contributed by atoms with Gasteiger partial charge in [0.15, 0.2) is 14.7 Å². The fraction of sp³-hybridized carbons (Fsp3) is 0.289. The van der Waals surface area contributed by atoms with Gasteiger partial charge >= 0.3 is 18.5 Å². The van der Waals surface area contributed by atoms with Crippen molar-refractivity contribution in [2.45, 2.75) is 76.7 Å². The average Bonchev–Trinajstić information content (AvgIpc) is 3.02. The highest BCUT2D eigenvalue weighted by atomic mass is 32.2. The molecule has 10 heteroatoms. The Morgan fingerprint density at radius 1 is 0.500 bits per heavy atom. The van der Waals surface area contributed by atoms with Crippen LogP contribution in [0.3, 0.4) is 0 Å². The summed E-state index contributed by atoms with van der Waals surface area (Å²) < 4.78 is 32.1. The number of benzene rings is 4. The lowest BCUT2D eigenvalue weighted by Crippen LogP contribution is -2.14. The quantitative estimate of drug-likeness (QED) is 0.0704. The summed E-state index contributed by atoms with van der Waals surface area (Å²) in [6, 6.07) is 21.4. The molecule has 0 atom stereocenters. The van der Waals surface area contributed by atoms with Gasteiger partial charge in [-0.2, -0.15) is 0 Å². The topological polar surface area (TPSA) is 107 Å². The van der Waals surface area contributed by atoms with Gasteiger partial charge in [-0.1, -0.05) is 30.3 Å². The van der Waals surface area contributed by atoms with E-state index in [0.29, 0.717) is 17.2 Å². The fourth-order valence-electron chi connectivity index (χ4n) is 5.27. The molecule has 0 radical (unpaired) electrons. The van der Waals surface area contributed by atoms with Gasteiger partial charge < -0.3 is 28.4 Å². The van der Waals surface area contributed by atoms with Gasteiger partial charge in [-0.3, -0.25) is 0 Å². The second-order valence-corrected chi connectivity index (χ2v) is 13.2. The molecule has 0 unspecified atom stereocenters. The molecule has 0 aliphatic carbocycles. The maximum Gasteiger partial charge on any atom is 0.514 e. The summed E-state index contributed by atoms with van der Waals surface area (Å²) in [6.45, 7) is 15.3. The summed E-state index contributed by atoms with van der Waals surface area (Å²) in [5.41, 5.74) is 5.43. The Kier molecular flexibility index (Phi) is 12.1. The summed E-state index contributed by atoms with van der Waals surface area (Å²) >= 11 is 0. The Hall–Kier alpha value is -4.96. The third-order valence-corrected chi connectivity index (χ3v) is 9.41. The molecule has 0 aliphatic rings. The highest BCUT2D eigenvalue weighted by Gasteiger charge is 2.33. The molecule has 4 aromatic rings. The predicted molar refractivity (Wildman–Crippen MR) is 182 cm³/mol. The normalized spacial score (nSPS) is 10.8. The van der Waals surface area contributed by atoms with Crippen LogP contribution in [0.1, 0.15) is 52.8 Å². The zero-order chi connectivity index (χ0) is 35.0. The number of hydrogen-bond acceptors (Lipinski definition) is 9. The Morgan fingerprint density at radius 2 is 0.812 bits per heavy atom. The number of carbonyl (C=O) groups is 3. The Morgan fingerprint density at radius 3 is 1.12 bits per heavy atom. The number of rotatable bonds is 10. The fourth-order valence-corrected chi connectivity index (χ4v) is 7.85. The molecular formula is C38H41O9S+. The first-order chi connectivity index (χ1) is 22.9. The molecule has 252 valence electrons. The van der Waals surface area contributed by atoms with Crippen LogP contribution in [0.4, 0.5) is 14.4 Å². The summed E-state index contributed by atoms with van der Waals surface area (Å²) in [6.07, 6.45) is -2.31. The predicted octanol–water partition coefficient (Wildman–Crippen LogP) is 9.42. The lowest BCUT2D eigenvalue weighted by molar-refractivity contribution is 0.0921. The zero-order valence-electron chi connectivity index (χ0n) is 28.6. The van der Waals surface area contributed by atoms with E-state index in [-0.39, 0.29) is 19.8 Å². The van der Waals surface area contributed by atoms with Crippen molar-refractivity contribution in [3.8, 4) is 17.2 Å². The first kappa shape index (κ1) is 35.9. The zero-order valence-corrected chi connectivity index (χ0v) is 29.4. The Balaban J connectivity index is 1.76. The number of hydrogen-bond donors (Lipinski definition) is 0. The lowest BCUT2D eigenvalue weighted by atomic mass is 10.1. The molecule has 0 saturated carbocycles. The van der Waals surface area contributed by atoms with Crippen molar-refractivity contribution in [3.05, 3.63) is 106 Å². The average molecular weight is 674 g/mol. The van der Waals surface area contributed by atoms with Crippen LogP contribution >= 0.6 is 0 Å². The molecule has 0 bridgehead atoms. The molecular weight excluding hydrogens is 632 g/mol. The summed E-state index contributed by atoms with van der Waals surface area (Å²) in [4.78, 5) is 39.9. The molecule has 0 spiro atoms. The van der Waals surface area contributed by atoms with E-state index in [4.69, 9.17) is 28.4 Å². The molecule has 0 amide bonds. The molecule has 0 N–H and O–H groups in total. The molecule has 0 fully saturated rings. The summed E-state index contributed by atoms with van der Waals surface area (Å²) in [5.74, 6) is 1.31. The minimum atomic E-state index is -0.788. The second kappa shape index (κ2) is 16.2. The Bertz CT molecular complexity index is 1660. The highest BCUT2D eigenvalue weighted by molar-refractivity contribution is 7.97. The van der Waals surface area contributed by atoms with E-state index < -0.39 is 29.4 Å². The van der Waals surface area contributed by atoms with Crippen LogP contribution in [0, 0.1) is 41.5 Å². The van der Waals surface area contributed by atoms with E-state index in [2.05, 4.69) is 0 Å². The molecule has 0 aromatic heterocycles. The molecule has 48 heavy (non-hydrogen) atoms. The largest absolute Gasteiger partial charge is 0.514 e. The van der Waals surface area contributed by atoms with Crippen LogP contribution in [-0.4, -0.2) is 31.7 Å². The van der Waals surface area contributed by atoms with Gasteiger partial charge in [0.25, 0.3) is 0 Å². The van der Waals surface area contributed by atoms with Crippen molar-refractivity contribution in [1.29, 1.82) is 0 Å². The van der Waals surface area contributed by atoms with E-state index in [1.807, 2.05) is 108 Å². The van der Waals surface area contributed by atoms with Gasteiger partial charge in [-0.05, 0) is 94.3 Å². The van der Waals surface area contributed by atoms with Crippen LogP contribution in [0.2, 0.25) is 0 Å². The monoisotopic (exact) mass is 673 g/mol. The summed E-state index contributed by atoms with van der Waals surface area (Å²) in [7, 11) is -0.689. The van der Waals surface area contributed by atoms with Gasteiger partial charge in [0.2, 0.25) is 0 Å². The van der Waals surface area contributed by atoms with Crippen molar-refractivity contribution in [2.75, 3.05) is 13.2 Å². The molecule has 9 nitrogen and oxygen atoms in total. The minimum Gasteiger partial charge on any atom is -0.434 e. The SMILES string of the molecule is CCOC(=O)Oc1c(C)cc([S+](c2cc(C)c(OC(=O)OCC)c(C)c2)c2cc(C)c(OC(=O)OCc3ccccc3)c(C)c2)cc1C. The van der Waals surface area contributed by atoms with Crippen LogP contribution in [0.25, 0.3) is 0 Å². The molecule has 0 heterocycles.